The van der Waals surface area contributed by atoms with Crippen LogP contribution in [0.2, 0.25) is 0 Å². The summed E-state index contributed by atoms with van der Waals surface area (Å²) in [7, 11) is -3.95. The first kappa shape index (κ1) is 24.5. The highest BCUT2D eigenvalue weighted by Gasteiger charge is 2.29. The highest BCUT2D eigenvalue weighted by Crippen LogP contribution is 2.21. The Labute approximate surface area is 190 Å². The summed E-state index contributed by atoms with van der Waals surface area (Å²) in [5.41, 5.74) is 0.238. The van der Waals surface area contributed by atoms with Crippen molar-refractivity contribution in [1.82, 2.24) is 4.31 Å². The lowest BCUT2D eigenvalue weighted by molar-refractivity contribution is -0.123. The lowest BCUT2D eigenvalue weighted by atomic mass is 10.1. The summed E-state index contributed by atoms with van der Waals surface area (Å²) in [5.74, 6) is -2.97. The smallest absolute Gasteiger partial charge is 0.341 e. The minimum atomic E-state index is -3.95. The maximum atomic E-state index is 14.3. The zero-order chi connectivity index (χ0) is 24.2. The number of benzene rings is 2. The van der Waals surface area contributed by atoms with Gasteiger partial charge in [-0.15, -0.1) is 0 Å². The number of amides is 1. The predicted octanol–water partition coefficient (Wildman–Crippen LogP) is 2.23. The molecule has 176 valence electrons. The molecule has 0 aromatic heterocycles. The Bertz CT molecular complexity index is 1160. The molecule has 1 aliphatic rings. The van der Waals surface area contributed by atoms with E-state index >= 15 is 0 Å². The number of carbonyl (C=O) groups is 3. The van der Waals surface area contributed by atoms with Gasteiger partial charge in [0.05, 0.1) is 23.7 Å². The van der Waals surface area contributed by atoms with Crippen LogP contribution in [-0.2, 0) is 24.3 Å². The van der Waals surface area contributed by atoms with E-state index in [0.29, 0.717) is 11.3 Å². The van der Waals surface area contributed by atoms with Gasteiger partial charge in [0.15, 0.2) is 11.9 Å². The van der Waals surface area contributed by atoms with Crippen LogP contribution >= 0.6 is 0 Å². The van der Waals surface area contributed by atoms with Crippen molar-refractivity contribution in [3.05, 3.63) is 59.4 Å². The van der Waals surface area contributed by atoms with E-state index in [1.54, 1.807) is 0 Å². The van der Waals surface area contributed by atoms with Gasteiger partial charge in [-0.3, -0.25) is 9.59 Å². The van der Waals surface area contributed by atoms with Crippen molar-refractivity contribution in [3.8, 4) is 0 Å². The van der Waals surface area contributed by atoms with Gasteiger partial charge < -0.3 is 14.8 Å². The Kier molecular flexibility index (Phi) is 7.57. The van der Waals surface area contributed by atoms with E-state index < -0.39 is 39.4 Å². The first-order chi connectivity index (χ1) is 15.6. The monoisotopic (exact) mass is 478 g/mol. The molecule has 2 aromatic rings. The molecule has 1 unspecified atom stereocenters. The van der Waals surface area contributed by atoms with Crippen LogP contribution in [-0.4, -0.2) is 62.8 Å². The molecule has 9 nitrogen and oxygen atoms in total. The van der Waals surface area contributed by atoms with Crippen molar-refractivity contribution in [2.45, 2.75) is 24.8 Å². The number of hydrogen-bond acceptors (Lipinski definition) is 7. The fourth-order valence-corrected chi connectivity index (χ4v) is 4.50. The predicted molar refractivity (Wildman–Crippen MR) is 116 cm³/mol. The molecule has 0 spiro atoms. The third kappa shape index (κ3) is 5.81. The first-order valence-corrected chi connectivity index (χ1v) is 11.5. The van der Waals surface area contributed by atoms with E-state index in [0.717, 1.165) is 18.2 Å². The van der Waals surface area contributed by atoms with Crippen LogP contribution in [0.4, 0.5) is 10.1 Å². The molecular formula is C22H23FN2O7S. The van der Waals surface area contributed by atoms with Gasteiger partial charge in [0.1, 0.15) is 5.82 Å². The molecule has 11 heteroatoms. The number of esters is 1. The number of sulfonamides is 1. The lowest BCUT2D eigenvalue weighted by Gasteiger charge is -2.26. The topological polar surface area (TPSA) is 119 Å². The summed E-state index contributed by atoms with van der Waals surface area (Å²) < 4.78 is 51.2. The van der Waals surface area contributed by atoms with E-state index in [9.17, 15) is 27.2 Å². The molecule has 1 amide bonds. The highest BCUT2D eigenvalue weighted by molar-refractivity contribution is 7.89. The summed E-state index contributed by atoms with van der Waals surface area (Å²) in [6, 6.07) is 8.93. The van der Waals surface area contributed by atoms with E-state index in [1.165, 1.54) is 42.4 Å². The summed E-state index contributed by atoms with van der Waals surface area (Å²) in [6.45, 7) is 3.46. The molecule has 1 N–H and O–H groups in total. The molecule has 1 saturated heterocycles. The van der Waals surface area contributed by atoms with Crippen LogP contribution in [0, 0.1) is 5.82 Å². The molecule has 1 heterocycles. The Hall–Kier alpha value is -3.15. The van der Waals surface area contributed by atoms with Crippen molar-refractivity contribution in [2.75, 3.05) is 31.6 Å². The van der Waals surface area contributed by atoms with Gasteiger partial charge in [0.25, 0.3) is 5.91 Å². The summed E-state index contributed by atoms with van der Waals surface area (Å²) in [5, 5.41) is 2.52. The Morgan fingerprint density at radius 1 is 1.09 bits per heavy atom. The molecule has 3 rings (SSSR count). The van der Waals surface area contributed by atoms with Gasteiger partial charge in [-0.25, -0.2) is 17.6 Å². The Morgan fingerprint density at radius 3 is 2.33 bits per heavy atom. The summed E-state index contributed by atoms with van der Waals surface area (Å²) in [4.78, 5) is 35.9. The number of hydrogen-bond donors (Lipinski definition) is 1. The standard InChI is InChI=1S/C22H23FN2O7S/c1-14(26)16-3-5-17(6-4-16)24-21(27)15(2)32-22(28)19-13-18(7-8-20(19)23)33(29,30)25-9-11-31-12-10-25/h3-8,13,15H,9-12H2,1-2H3,(H,24,27). The number of nitrogens with one attached hydrogen (secondary N) is 1. The van der Waals surface area contributed by atoms with Gasteiger partial charge >= 0.3 is 5.97 Å². The second-order valence-electron chi connectivity index (χ2n) is 7.33. The Morgan fingerprint density at radius 2 is 1.73 bits per heavy atom. The second kappa shape index (κ2) is 10.2. The maximum Gasteiger partial charge on any atom is 0.341 e. The second-order valence-corrected chi connectivity index (χ2v) is 9.27. The normalized spacial score (nSPS) is 15.5. The average Bonchev–Trinajstić information content (AvgIpc) is 2.80. The van der Waals surface area contributed by atoms with Crippen LogP contribution in [0.25, 0.3) is 0 Å². The molecule has 1 atom stereocenters. The number of halogens is 1. The molecule has 1 fully saturated rings. The number of carbonyl (C=O) groups excluding carboxylic acids is 3. The van der Waals surface area contributed by atoms with Crippen LogP contribution in [0.1, 0.15) is 34.6 Å². The molecule has 0 aliphatic carbocycles. The van der Waals surface area contributed by atoms with Gasteiger partial charge in [0.2, 0.25) is 10.0 Å². The van der Waals surface area contributed by atoms with Crippen molar-refractivity contribution in [3.63, 3.8) is 0 Å². The van der Waals surface area contributed by atoms with Crippen LogP contribution < -0.4 is 5.32 Å². The molecular weight excluding hydrogens is 455 g/mol. The largest absolute Gasteiger partial charge is 0.449 e. The van der Waals surface area contributed by atoms with E-state index in [1.807, 2.05) is 0 Å². The minimum absolute atomic E-state index is 0.130. The SMILES string of the molecule is CC(=O)c1ccc(NC(=O)C(C)OC(=O)c2cc(S(=O)(=O)N3CCOCC3)ccc2F)cc1. The zero-order valence-electron chi connectivity index (χ0n) is 18.0. The van der Waals surface area contributed by atoms with Crippen LogP contribution in [0.5, 0.6) is 0 Å². The van der Waals surface area contributed by atoms with Gasteiger partial charge in [0, 0.05) is 24.3 Å². The van der Waals surface area contributed by atoms with Crippen molar-refractivity contribution >= 4 is 33.4 Å². The number of Topliss-reactive ketones (excluding diaryl/α,β-unsaturated/α-hetero) is 1. The van der Waals surface area contributed by atoms with Crippen molar-refractivity contribution in [1.29, 1.82) is 0 Å². The van der Waals surface area contributed by atoms with Crippen LogP contribution in [0.3, 0.4) is 0 Å². The molecule has 0 bridgehead atoms. The molecule has 0 saturated carbocycles. The first-order valence-electron chi connectivity index (χ1n) is 10.1. The fraction of sp³-hybridized carbons (Fsp3) is 0.318. The van der Waals surface area contributed by atoms with Crippen LogP contribution in [0.15, 0.2) is 47.4 Å². The van der Waals surface area contributed by atoms with E-state index in [-0.39, 0.29) is 37.0 Å². The highest BCUT2D eigenvalue weighted by atomic mass is 32.2. The van der Waals surface area contributed by atoms with Gasteiger partial charge in [-0.1, -0.05) is 0 Å². The maximum absolute atomic E-state index is 14.3. The van der Waals surface area contributed by atoms with Gasteiger partial charge in [-0.2, -0.15) is 4.31 Å². The molecule has 33 heavy (non-hydrogen) atoms. The molecule has 2 aromatic carbocycles. The molecule has 0 radical (unpaired) electrons. The number of anilines is 1. The zero-order valence-corrected chi connectivity index (χ0v) is 18.9. The summed E-state index contributed by atoms with van der Waals surface area (Å²) >= 11 is 0. The number of morpholine rings is 1. The third-order valence-corrected chi connectivity index (χ3v) is 6.87. The fourth-order valence-electron chi connectivity index (χ4n) is 3.07. The number of ether oxygens (including phenoxy) is 2. The molecule has 1 aliphatic heterocycles. The van der Waals surface area contributed by atoms with Crippen molar-refractivity contribution in [2.24, 2.45) is 0 Å². The quantitative estimate of drug-likeness (QED) is 0.479. The lowest BCUT2D eigenvalue weighted by Crippen LogP contribution is -2.40. The number of rotatable bonds is 7. The van der Waals surface area contributed by atoms with Crippen molar-refractivity contribution < 1.29 is 36.7 Å². The van der Waals surface area contributed by atoms with Gasteiger partial charge in [-0.05, 0) is 56.3 Å². The summed E-state index contributed by atoms with van der Waals surface area (Å²) in [6.07, 6.45) is -1.30. The van der Waals surface area contributed by atoms with E-state index in [2.05, 4.69) is 5.32 Å². The number of nitrogens with zero attached hydrogens (tertiary/aromatic N) is 1. The Balaban J connectivity index is 1.70. The van der Waals surface area contributed by atoms with E-state index in [4.69, 9.17) is 9.47 Å². The minimum Gasteiger partial charge on any atom is -0.449 e. The third-order valence-electron chi connectivity index (χ3n) is 4.98. The number of ketones is 1. The average molecular weight is 478 g/mol.